The molecule has 1 aliphatic heterocycles. The van der Waals surface area contributed by atoms with Crippen molar-refractivity contribution in [3.63, 3.8) is 0 Å². The van der Waals surface area contributed by atoms with E-state index in [-0.39, 0.29) is 5.82 Å². The zero-order valence-corrected chi connectivity index (χ0v) is 8.98. The Hall–Kier alpha value is -1.21. The van der Waals surface area contributed by atoms with Crippen LogP contribution in [-0.2, 0) is 0 Å². The zero-order valence-electron chi connectivity index (χ0n) is 8.16. The molecule has 0 bridgehead atoms. The SMILES string of the molecule is N#Cc1cc(F)cc(NC2CCSC2)c1. The van der Waals surface area contributed by atoms with Gasteiger partial charge in [-0.05, 0) is 30.4 Å². The first kappa shape index (κ1) is 10.3. The van der Waals surface area contributed by atoms with Gasteiger partial charge in [-0.2, -0.15) is 17.0 Å². The van der Waals surface area contributed by atoms with Crippen molar-refractivity contribution < 1.29 is 4.39 Å². The largest absolute Gasteiger partial charge is 0.381 e. The van der Waals surface area contributed by atoms with Gasteiger partial charge in [0.05, 0.1) is 11.6 Å². The van der Waals surface area contributed by atoms with E-state index in [0.29, 0.717) is 17.3 Å². The first-order valence-corrected chi connectivity index (χ1v) is 5.98. The van der Waals surface area contributed by atoms with Crippen LogP contribution in [0.15, 0.2) is 18.2 Å². The lowest BCUT2D eigenvalue weighted by molar-refractivity contribution is 0.627. The third-order valence-electron chi connectivity index (χ3n) is 2.33. The zero-order chi connectivity index (χ0) is 10.7. The minimum absolute atomic E-state index is 0.359. The van der Waals surface area contributed by atoms with Gasteiger partial charge in [0.25, 0.3) is 0 Å². The maximum atomic E-state index is 13.1. The predicted octanol–water partition coefficient (Wildman–Crippen LogP) is 2.61. The Balaban J connectivity index is 2.13. The molecule has 1 heterocycles. The quantitative estimate of drug-likeness (QED) is 0.835. The summed E-state index contributed by atoms with van der Waals surface area (Å²) in [5.74, 6) is 1.85. The highest BCUT2D eigenvalue weighted by Crippen LogP contribution is 2.22. The van der Waals surface area contributed by atoms with Crippen LogP contribution < -0.4 is 5.32 Å². The second-order valence-corrected chi connectivity index (χ2v) is 4.70. The van der Waals surface area contributed by atoms with Gasteiger partial charge in [0.1, 0.15) is 5.82 Å². The van der Waals surface area contributed by atoms with E-state index in [1.165, 1.54) is 12.1 Å². The lowest BCUT2D eigenvalue weighted by atomic mass is 10.2. The normalized spacial score (nSPS) is 19.9. The first-order valence-electron chi connectivity index (χ1n) is 4.83. The molecule has 1 aliphatic rings. The molecular weight excluding hydrogens is 211 g/mol. The van der Waals surface area contributed by atoms with Crippen LogP contribution >= 0.6 is 11.8 Å². The van der Waals surface area contributed by atoms with Crippen LogP contribution in [-0.4, -0.2) is 17.5 Å². The molecule has 0 aromatic heterocycles. The second-order valence-electron chi connectivity index (χ2n) is 3.55. The van der Waals surface area contributed by atoms with E-state index in [0.717, 1.165) is 17.9 Å². The molecule has 0 radical (unpaired) electrons. The van der Waals surface area contributed by atoms with Crippen molar-refractivity contribution >= 4 is 17.4 Å². The molecule has 1 aromatic carbocycles. The molecule has 1 atom stereocenters. The van der Waals surface area contributed by atoms with Gasteiger partial charge in [0, 0.05) is 17.5 Å². The third-order valence-corrected chi connectivity index (χ3v) is 3.49. The van der Waals surface area contributed by atoms with Crippen molar-refractivity contribution in [3.05, 3.63) is 29.6 Å². The van der Waals surface area contributed by atoms with Crippen LogP contribution in [0.2, 0.25) is 0 Å². The van der Waals surface area contributed by atoms with Crippen molar-refractivity contribution in [2.75, 3.05) is 16.8 Å². The van der Waals surface area contributed by atoms with Gasteiger partial charge in [-0.1, -0.05) is 0 Å². The molecular formula is C11H11FN2S. The highest BCUT2D eigenvalue weighted by molar-refractivity contribution is 7.99. The molecule has 1 unspecified atom stereocenters. The number of halogens is 1. The highest BCUT2D eigenvalue weighted by atomic mass is 32.2. The molecule has 1 N–H and O–H groups in total. The van der Waals surface area contributed by atoms with Crippen LogP contribution in [0.4, 0.5) is 10.1 Å². The maximum absolute atomic E-state index is 13.1. The fourth-order valence-corrected chi connectivity index (χ4v) is 2.77. The number of benzene rings is 1. The van der Waals surface area contributed by atoms with Crippen molar-refractivity contribution in [1.29, 1.82) is 5.26 Å². The summed E-state index contributed by atoms with van der Waals surface area (Å²) in [5.41, 5.74) is 1.07. The van der Waals surface area contributed by atoms with E-state index >= 15 is 0 Å². The molecule has 2 nitrogen and oxygen atoms in total. The number of nitrogens with zero attached hydrogens (tertiary/aromatic N) is 1. The van der Waals surface area contributed by atoms with Crippen LogP contribution in [0.25, 0.3) is 0 Å². The summed E-state index contributed by atoms with van der Waals surface area (Å²) < 4.78 is 13.1. The van der Waals surface area contributed by atoms with E-state index < -0.39 is 0 Å². The Morgan fingerprint density at radius 2 is 2.33 bits per heavy atom. The molecule has 0 spiro atoms. The Labute approximate surface area is 92.5 Å². The molecule has 78 valence electrons. The van der Waals surface area contributed by atoms with Crippen LogP contribution in [0.3, 0.4) is 0 Å². The molecule has 1 fully saturated rings. The van der Waals surface area contributed by atoms with Gasteiger partial charge >= 0.3 is 0 Å². The van der Waals surface area contributed by atoms with Crippen LogP contribution in [0.5, 0.6) is 0 Å². The smallest absolute Gasteiger partial charge is 0.126 e. The van der Waals surface area contributed by atoms with Crippen LogP contribution in [0, 0.1) is 17.1 Å². The summed E-state index contributed by atoms with van der Waals surface area (Å²) in [6, 6.07) is 6.72. The standard InChI is InChI=1S/C11H11FN2S/c12-9-3-8(6-13)4-11(5-9)14-10-1-2-15-7-10/h3-5,10,14H,1-2,7H2. The maximum Gasteiger partial charge on any atom is 0.126 e. The summed E-state index contributed by atoms with van der Waals surface area (Å²) in [6.07, 6.45) is 1.10. The third kappa shape index (κ3) is 2.63. The molecule has 0 amide bonds. The predicted molar refractivity (Wildman–Crippen MR) is 60.5 cm³/mol. The summed E-state index contributed by atoms with van der Waals surface area (Å²) in [5, 5.41) is 11.9. The van der Waals surface area contributed by atoms with Gasteiger partial charge in [-0.15, -0.1) is 0 Å². The average Bonchev–Trinajstić information content (AvgIpc) is 2.69. The summed E-state index contributed by atoms with van der Waals surface area (Å²) in [7, 11) is 0. The average molecular weight is 222 g/mol. The van der Waals surface area contributed by atoms with Crippen molar-refractivity contribution in [2.45, 2.75) is 12.5 Å². The fraction of sp³-hybridized carbons (Fsp3) is 0.364. The molecule has 1 aromatic rings. The van der Waals surface area contributed by atoms with E-state index in [1.54, 1.807) is 6.07 Å². The van der Waals surface area contributed by atoms with Gasteiger partial charge in [0.15, 0.2) is 0 Å². The van der Waals surface area contributed by atoms with Gasteiger partial charge in [0.2, 0.25) is 0 Å². The van der Waals surface area contributed by atoms with Crippen molar-refractivity contribution in [2.24, 2.45) is 0 Å². The van der Waals surface area contributed by atoms with E-state index in [4.69, 9.17) is 5.26 Å². The van der Waals surface area contributed by atoms with E-state index in [9.17, 15) is 4.39 Å². The summed E-state index contributed by atoms with van der Waals surface area (Å²) in [6.45, 7) is 0. The first-order chi connectivity index (χ1) is 7.28. The van der Waals surface area contributed by atoms with E-state index in [2.05, 4.69) is 5.32 Å². The van der Waals surface area contributed by atoms with Gasteiger partial charge in [-0.25, -0.2) is 4.39 Å². The Bertz CT molecular complexity index is 394. The number of hydrogen-bond donors (Lipinski definition) is 1. The molecule has 4 heteroatoms. The number of thioether (sulfide) groups is 1. The minimum Gasteiger partial charge on any atom is -0.381 e. The molecule has 0 aliphatic carbocycles. The number of anilines is 1. The highest BCUT2D eigenvalue weighted by Gasteiger charge is 2.15. The molecule has 0 saturated carbocycles. The number of rotatable bonds is 2. The summed E-state index contributed by atoms with van der Waals surface area (Å²) in [4.78, 5) is 0. The monoisotopic (exact) mass is 222 g/mol. The van der Waals surface area contributed by atoms with Gasteiger partial charge in [-0.3, -0.25) is 0 Å². The van der Waals surface area contributed by atoms with E-state index in [1.807, 2.05) is 17.8 Å². The number of hydrogen-bond acceptors (Lipinski definition) is 3. The Morgan fingerprint density at radius 1 is 1.47 bits per heavy atom. The fourth-order valence-electron chi connectivity index (χ4n) is 1.62. The van der Waals surface area contributed by atoms with Crippen molar-refractivity contribution in [1.82, 2.24) is 0 Å². The lowest BCUT2D eigenvalue weighted by Gasteiger charge is -2.12. The van der Waals surface area contributed by atoms with Gasteiger partial charge < -0.3 is 5.32 Å². The summed E-state index contributed by atoms with van der Waals surface area (Å²) >= 11 is 1.89. The number of nitriles is 1. The molecule has 15 heavy (non-hydrogen) atoms. The van der Waals surface area contributed by atoms with Crippen molar-refractivity contribution in [3.8, 4) is 6.07 Å². The Kier molecular flexibility index (Phi) is 3.12. The lowest BCUT2D eigenvalue weighted by Crippen LogP contribution is -2.18. The molecule has 2 rings (SSSR count). The second kappa shape index (κ2) is 4.54. The molecule has 1 saturated heterocycles. The minimum atomic E-state index is -0.359. The van der Waals surface area contributed by atoms with Crippen LogP contribution in [0.1, 0.15) is 12.0 Å². The number of nitrogens with one attached hydrogen (secondary N) is 1. The topological polar surface area (TPSA) is 35.8 Å². The Morgan fingerprint density at radius 3 is 3.00 bits per heavy atom.